The first-order chi connectivity index (χ1) is 16.6. The molecule has 35 heavy (non-hydrogen) atoms. The maximum absolute atomic E-state index is 10.5. The third-order valence-electron chi connectivity index (χ3n) is 5.16. The van der Waals surface area contributed by atoms with E-state index in [1.807, 2.05) is 12.1 Å². The number of aromatic carboxylic acids is 1. The summed E-state index contributed by atoms with van der Waals surface area (Å²) in [6.45, 7) is 4.13. The highest BCUT2D eigenvalue weighted by molar-refractivity contribution is 5.88. The monoisotopic (exact) mass is 486 g/mol. The number of phenols is 4. The quantitative estimate of drug-likeness (QED) is 0.337. The second-order valence-electron chi connectivity index (χ2n) is 7.67. The lowest BCUT2D eigenvalue weighted by molar-refractivity contribution is 0.0696. The highest BCUT2D eigenvalue weighted by atomic mass is 16.5. The van der Waals surface area contributed by atoms with Crippen LogP contribution in [0.2, 0.25) is 0 Å². The molecule has 188 valence electrons. The van der Waals surface area contributed by atoms with Gasteiger partial charge in [0, 0.05) is 17.7 Å². The Morgan fingerprint density at radius 1 is 0.886 bits per heavy atom. The number of rotatable bonds is 3. The molecule has 9 heteroatoms. The first kappa shape index (κ1) is 27.0. The number of ether oxygens (including phenoxy) is 3. The van der Waals surface area contributed by atoms with Gasteiger partial charge in [-0.15, -0.1) is 0 Å². The van der Waals surface area contributed by atoms with E-state index in [1.165, 1.54) is 30.3 Å². The van der Waals surface area contributed by atoms with Crippen LogP contribution < -0.4 is 14.2 Å². The summed E-state index contributed by atoms with van der Waals surface area (Å²) < 4.78 is 16.0. The first-order valence-corrected chi connectivity index (χ1v) is 10.7. The number of carboxylic acids is 1. The molecule has 0 unspecified atom stereocenters. The van der Waals surface area contributed by atoms with Crippen LogP contribution in [0.5, 0.6) is 40.2 Å². The Labute approximate surface area is 203 Å². The fourth-order valence-corrected chi connectivity index (χ4v) is 3.30. The number of hydrogen-bond donors (Lipinski definition) is 5. The molecular weight excluding hydrogens is 456 g/mol. The molecule has 0 fully saturated rings. The van der Waals surface area contributed by atoms with Gasteiger partial charge in [0.05, 0.1) is 26.4 Å². The minimum atomic E-state index is -0.971. The van der Waals surface area contributed by atoms with Gasteiger partial charge in [-0.3, -0.25) is 0 Å². The lowest BCUT2D eigenvalue weighted by atomic mass is 10.0. The molecule has 0 aliphatic carbocycles. The first-order valence-electron chi connectivity index (χ1n) is 10.7. The van der Waals surface area contributed by atoms with Gasteiger partial charge in [-0.05, 0) is 62.1 Å². The van der Waals surface area contributed by atoms with E-state index < -0.39 is 11.7 Å². The van der Waals surface area contributed by atoms with Gasteiger partial charge in [0.15, 0.2) is 17.2 Å². The van der Waals surface area contributed by atoms with Gasteiger partial charge in [0.25, 0.3) is 0 Å². The van der Waals surface area contributed by atoms with Crippen LogP contribution in [-0.4, -0.2) is 52.3 Å². The van der Waals surface area contributed by atoms with Crippen LogP contribution in [0.3, 0.4) is 0 Å². The minimum Gasteiger partial charge on any atom is -0.507 e. The van der Waals surface area contributed by atoms with Crippen molar-refractivity contribution in [3.63, 3.8) is 0 Å². The molecule has 0 amide bonds. The van der Waals surface area contributed by atoms with E-state index in [0.717, 1.165) is 42.3 Å². The van der Waals surface area contributed by atoms with Gasteiger partial charge < -0.3 is 39.7 Å². The molecule has 9 nitrogen and oxygen atoms in total. The number of aryl methyl sites for hydroxylation is 2. The Bertz CT molecular complexity index is 1110. The SMILES string of the molecule is COc1cc(OC)c2c(c1)OCCC2.Cc1cc(C(=O)O)cc(C)c1O.Oc1cccc(O)c1O. The average molecular weight is 487 g/mol. The fourth-order valence-electron chi connectivity index (χ4n) is 3.30. The molecule has 5 N–H and O–H groups in total. The molecule has 3 aromatic carbocycles. The van der Waals surface area contributed by atoms with E-state index in [1.54, 1.807) is 28.1 Å². The Hall–Kier alpha value is -4.27. The molecule has 1 aliphatic rings. The van der Waals surface area contributed by atoms with Gasteiger partial charge in [-0.25, -0.2) is 4.79 Å². The zero-order valence-corrected chi connectivity index (χ0v) is 20.0. The van der Waals surface area contributed by atoms with E-state index in [0.29, 0.717) is 11.1 Å². The number of para-hydroxylation sites is 1. The zero-order chi connectivity index (χ0) is 26.1. The smallest absolute Gasteiger partial charge is 0.335 e. The van der Waals surface area contributed by atoms with Gasteiger partial charge in [0.2, 0.25) is 0 Å². The molecule has 0 saturated carbocycles. The van der Waals surface area contributed by atoms with Crippen molar-refractivity contribution in [3.05, 3.63) is 64.7 Å². The van der Waals surface area contributed by atoms with Gasteiger partial charge in [-0.1, -0.05) is 6.07 Å². The lowest BCUT2D eigenvalue weighted by Gasteiger charge is -2.20. The van der Waals surface area contributed by atoms with Crippen LogP contribution in [-0.2, 0) is 6.42 Å². The Morgan fingerprint density at radius 2 is 1.49 bits per heavy atom. The number of methoxy groups -OCH3 is 2. The van der Waals surface area contributed by atoms with Crippen molar-refractivity contribution in [3.8, 4) is 40.2 Å². The van der Waals surface area contributed by atoms with Gasteiger partial charge >= 0.3 is 5.97 Å². The van der Waals surface area contributed by atoms with Crippen molar-refractivity contribution < 1.29 is 44.5 Å². The van der Waals surface area contributed by atoms with E-state index >= 15 is 0 Å². The summed E-state index contributed by atoms with van der Waals surface area (Å²) >= 11 is 0. The van der Waals surface area contributed by atoms with Gasteiger partial charge in [0.1, 0.15) is 23.0 Å². The molecule has 1 heterocycles. The third kappa shape index (κ3) is 7.10. The number of hydrogen-bond acceptors (Lipinski definition) is 8. The second kappa shape index (κ2) is 12.3. The normalized spacial score (nSPS) is 11.4. The number of benzene rings is 3. The number of fused-ring (bicyclic) bond motifs is 1. The Morgan fingerprint density at radius 3 is 1.97 bits per heavy atom. The Kier molecular flexibility index (Phi) is 9.45. The van der Waals surface area contributed by atoms with Crippen molar-refractivity contribution in [2.24, 2.45) is 0 Å². The van der Waals surface area contributed by atoms with E-state index in [2.05, 4.69) is 0 Å². The van der Waals surface area contributed by atoms with Gasteiger partial charge in [-0.2, -0.15) is 0 Å². The minimum absolute atomic E-state index is 0.167. The topological polar surface area (TPSA) is 146 Å². The summed E-state index contributed by atoms with van der Waals surface area (Å²) in [4.78, 5) is 10.5. The molecule has 0 aromatic heterocycles. The maximum atomic E-state index is 10.5. The summed E-state index contributed by atoms with van der Waals surface area (Å²) in [5, 5.41) is 44.0. The van der Waals surface area contributed by atoms with E-state index in [4.69, 9.17) is 34.6 Å². The van der Waals surface area contributed by atoms with Crippen LogP contribution in [0, 0.1) is 13.8 Å². The molecule has 0 bridgehead atoms. The van der Waals surface area contributed by atoms with Crippen molar-refractivity contribution in [1.82, 2.24) is 0 Å². The molecule has 1 aliphatic heterocycles. The number of carboxylic acid groups (broad SMARTS) is 1. The molecular formula is C26H30O9. The lowest BCUT2D eigenvalue weighted by Crippen LogP contribution is -2.09. The number of phenolic OH excluding ortho intramolecular Hbond substituents is 4. The maximum Gasteiger partial charge on any atom is 0.335 e. The molecule has 0 saturated heterocycles. The summed E-state index contributed by atoms with van der Waals surface area (Å²) in [6, 6.07) is 10.7. The van der Waals surface area contributed by atoms with Crippen LogP contribution >= 0.6 is 0 Å². The molecule has 0 radical (unpaired) electrons. The van der Waals surface area contributed by atoms with E-state index in [-0.39, 0.29) is 22.8 Å². The highest BCUT2D eigenvalue weighted by Gasteiger charge is 2.16. The van der Waals surface area contributed by atoms with Crippen LogP contribution in [0.25, 0.3) is 0 Å². The number of aromatic hydroxyl groups is 4. The summed E-state index contributed by atoms with van der Waals surface area (Å²) in [5.41, 5.74) is 2.54. The zero-order valence-electron chi connectivity index (χ0n) is 20.0. The number of carbonyl (C=O) groups is 1. The predicted octanol–water partition coefficient (Wildman–Crippen LogP) is 4.54. The van der Waals surface area contributed by atoms with Crippen LogP contribution in [0.1, 0.15) is 33.5 Å². The standard InChI is InChI=1S/C11H14O3.C9H10O3.C6H6O3/c1-12-8-6-10(13-2)9-4-3-5-14-11(9)7-8;1-5-3-7(9(11)12)4-6(2)8(5)10;7-4-2-1-3-5(8)6(4)9/h6-7H,3-5H2,1-2H3;3-4,10H,1-2H3,(H,11,12);1-3,7-9H. The van der Waals surface area contributed by atoms with E-state index in [9.17, 15) is 9.90 Å². The van der Waals surface area contributed by atoms with Crippen molar-refractivity contribution in [1.29, 1.82) is 0 Å². The van der Waals surface area contributed by atoms with Crippen molar-refractivity contribution in [2.45, 2.75) is 26.7 Å². The Balaban J connectivity index is 0.000000190. The molecule has 0 spiro atoms. The van der Waals surface area contributed by atoms with Crippen LogP contribution in [0.15, 0.2) is 42.5 Å². The van der Waals surface area contributed by atoms with Crippen molar-refractivity contribution >= 4 is 5.97 Å². The summed E-state index contributed by atoms with van der Waals surface area (Å²) in [5.74, 6) is 0.637. The molecule has 3 aromatic rings. The van der Waals surface area contributed by atoms with Crippen LogP contribution in [0.4, 0.5) is 0 Å². The molecule has 0 atom stereocenters. The highest BCUT2D eigenvalue weighted by Crippen LogP contribution is 2.37. The third-order valence-corrected chi connectivity index (χ3v) is 5.16. The predicted molar refractivity (Wildman–Crippen MR) is 129 cm³/mol. The second-order valence-corrected chi connectivity index (χ2v) is 7.67. The molecule has 4 rings (SSSR count). The fraction of sp³-hybridized carbons (Fsp3) is 0.269. The summed E-state index contributed by atoms with van der Waals surface area (Å²) in [7, 11) is 3.31. The largest absolute Gasteiger partial charge is 0.507 e. The van der Waals surface area contributed by atoms with Crippen molar-refractivity contribution in [2.75, 3.05) is 20.8 Å². The summed E-state index contributed by atoms with van der Waals surface area (Å²) in [6.07, 6.45) is 2.07. The average Bonchev–Trinajstić information content (AvgIpc) is 2.85.